The summed E-state index contributed by atoms with van der Waals surface area (Å²) in [7, 11) is 0. The molecule has 36 heavy (non-hydrogen) atoms. The quantitative estimate of drug-likeness (QED) is 0.0440. The smallest absolute Gasteiger partial charge is 0.326 e. The van der Waals surface area contributed by atoms with Crippen LogP contribution in [0.25, 0.3) is 0 Å². The lowest BCUT2D eigenvalue weighted by atomic mass is 10.1. The Morgan fingerprint density at radius 3 is 1.86 bits per heavy atom. The van der Waals surface area contributed by atoms with Crippen molar-refractivity contribution in [2.24, 2.45) is 33.7 Å². The molecule has 0 aliphatic carbocycles. The minimum atomic E-state index is -1.47. The number of carbonyl (C=O) groups excluding carboxylic acids is 4. The largest absolute Gasteiger partial charge is 0.480 e. The number of rotatable bonds is 19. The molecule has 16 nitrogen and oxygen atoms in total. The molecule has 16 heteroatoms. The van der Waals surface area contributed by atoms with Gasteiger partial charge in [0.05, 0.1) is 12.6 Å². The highest BCUT2D eigenvalue weighted by Gasteiger charge is 2.29. The molecule has 0 heterocycles. The summed E-state index contributed by atoms with van der Waals surface area (Å²) in [6.07, 6.45) is 1.20. The molecule has 4 atom stereocenters. The number of carboxylic acid groups (broad SMARTS) is 1. The molecule has 0 rings (SSSR count). The van der Waals surface area contributed by atoms with Gasteiger partial charge < -0.3 is 54.8 Å². The van der Waals surface area contributed by atoms with Gasteiger partial charge in [0.1, 0.15) is 18.1 Å². The maximum Gasteiger partial charge on any atom is 0.326 e. The predicted octanol–water partition coefficient (Wildman–Crippen LogP) is -4.71. The van der Waals surface area contributed by atoms with Crippen molar-refractivity contribution in [3.8, 4) is 0 Å². The van der Waals surface area contributed by atoms with Crippen LogP contribution < -0.4 is 44.6 Å². The fraction of sp³-hybridized carbons (Fsp3) is 0.700. The summed E-state index contributed by atoms with van der Waals surface area (Å²) >= 11 is 0. The van der Waals surface area contributed by atoms with Crippen LogP contribution in [0.4, 0.5) is 0 Å². The standard InChI is InChI=1S/C20H39N9O7/c21-8-2-1-4-13(19(35)36)28-17(33)12(5-3-9-26-20(24)25)27-18(34)14(10-30)29-16(32)11(22)6-7-15(23)31/h11-14,30H,1-10,21-22H2,(H2,23,31)(H,27,34)(H,28,33)(H,29,32)(H,35,36)(H4,24,25,26). The first-order chi connectivity index (χ1) is 16.9. The van der Waals surface area contributed by atoms with Crippen molar-refractivity contribution in [1.29, 1.82) is 0 Å². The van der Waals surface area contributed by atoms with Crippen LogP contribution in [0, 0.1) is 0 Å². The van der Waals surface area contributed by atoms with Gasteiger partial charge in [0.2, 0.25) is 23.6 Å². The van der Waals surface area contributed by atoms with Gasteiger partial charge in [0, 0.05) is 13.0 Å². The molecule has 0 aromatic heterocycles. The lowest BCUT2D eigenvalue weighted by Gasteiger charge is -2.24. The summed E-state index contributed by atoms with van der Waals surface area (Å²) in [5, 5.41) is 26.0. The number of unbranched alkanes of at least 4 members (excludes halogenated alkanes) is 1. The molecule has 0 aliphatic heterocycles. The molecule has 4 amide bonds. The molecule has 0 fully saturated rings. The fourth-order valence-electron chi connectivity index (χ4n) is 2.97. The summed E-state index contributed by atoms with van der Waals surface area (Å²) < 4.78 is 0. The van der Waals surface area contributed by atoms with Gasteiger partial charge in [-0.25, -0.2) is 4.79 Å². The van der Waals surface area contributed by atoms with Crippen LogP contribution >= 0.6 is 0 Å². The third-order valence-electron chi connectivity index (χ3n) is 4.99. The van der Waals surface area contributed by atoms with E-state index in [0.29, 0.717) is 19.4 Å². The predicted molar refractivity (Wildman–Crippen MR) is 130 cm³/mol. The Kier molecular flexibility index (Phi) is 16.1. The second-order valence-corrected chi connectivity index (χ2v) is 8.05. The van der Waals surface area contributed by atoms with Crippen LogP contribution in [-0.4, -0.2) is 89.6 Å². The highest BCUT2D eigenvalue weighted by Crippen LogP contribution is 2.05. The molecule has 0 aliphatic rings. The zero-order valence-corrected chi connectivity index (χ0v) is 20.2. The fourth-order valence-corrected chi connectivity index (χ4v) is 2.97. The second-order valence-electron chi connectivity index (χ2n) is 8.05. The number of guanidine groups is 1. The van der Waals surface area contributed by atoms with Crippen molar-refractivity contribution in [3.05, 3.63) is 0 Å². The lowest BCUT2D eigenvalue weighted by molar-refractivity contribution is -0.142. The molecule has 0 radical (unpaired) electrons. The van der Waals surface area contributed by atoms with E-state index in [2.05, 4.69) is 20.9 Å². The number of hydrogen-bond donors (Lipinski definition) is 10. The maximum absolute atomic E-state index is 12.8. The van der Waals surface area contributed by atoms with Crippen molar-refractivity contribution in [2.45, 2.75) is 69.1 Å². The Hall–Kier alpha value is -3.50. The SMILES string of the molecule is NCCCCC(NC(=O)C(CCCN=C(N)N)NC(=O)C(CO)NC(=O)C(N)CCC(N)=O)C(=O)O. The van der Waals surface area contributed by atoms with E-state index in [1.807, 2.05) is 0 Å². The Labute approximate surface area is 208 Å². The Morgan fingerprint density at radius 2 is 1.33 bits per heavy atom. The van der Waals surface area contributed by atoms with Crippen LogP contribution in [-0.2, 0) is 24.0 Å². The van der Waals surface area contributed by atoms with E-state index in [-0.39, 0.29) is 44.6 Å². The van der Waals surface area contributed by atoms with Crippen LogP contribution in [0.15, 0.2) is 4.99 Å². The summed E-state index contributed by atoms with van der Waals surface area (Å²) in [5.41, 5.74) is 26.7. The number of hydrogen-bond acceptors (Lipinski definition) is 9. The topological polar surface area (TPSA) is 304 Å². The van der Waals surface area contributed by atoms with Gasteiger partial charge in [-0.15, -0.1) is 0 Å². The monoisotopic (exact) mass is 517 g/mol. The minimum absolute atomic E-state index is 0.0215. The van der Waals surface area contributed by atoms with Gasteiger partial charge in [-0.1, -0.05) is 0 Å². The van der Waals surface area contributed by atoms with Gasteiger partial charge in [0.15, 0.2) is 5.96 Å². The van der Waals surface area contributed by atoms with Gasteiger partial charge in [-0.3, -0.25) is 24.2 Å². The number of carbonyl (C=O) groups is 5. The third kappa shape index (κ3) is 14.0. The molecule has 15 N–H and O–H groups in total. The number of nitrogens with zero attached hydrogens (tertiary/aromatic N) is 1. The molecule has 0 saturated carbocycles. The number of aliphatic imine (C=N–C) groups is 1. The number of nitrogens with one attached hydrogen (secondary N) is 3. The number of aliphatic hydroxyl groups excluding tert-OH is 1. The lowest BCUT2D eigenvalue weighted by Crippen LogP contribution is -2.58. The average molecular weight is 518 g/mol. The van der Waals surface area contributed by atoms with E-state index < -0.39 is 60.4 Å². The van der Waals surface area contributed by atoms with Gasteiger partial charge in [-0.2, -0.15) is 0 Å². The zero-order chi connectivity index (χ0) is 27.7. The van der Waals surface area contributed by atoms with Crippen molar-refractivity contribution in [2.75, 3.05) is 19.7 Å². The second kappa shape index (κ2) is 17.9. The number of aliphatic carboxylic acids is 1. The van der Waals surface area contributed by atoms with Crippen molar-refractivity contribution < 1.29 is 34.2 Å². The zero-order valence-electron chi connectivity index (χ0n) is 20.2. The molecule has 0 bridgehead atoms. The van der Waals surface area contributed by atoms with Gasteiger partial charge in [-0.05, 0) is 45.1 Å². The summed E-state index contributed by atoms with van der Waals surface area (Å²) in [5.74, 6) is -4.59. The molecule has 4 unspecified atom stereocenters. The van der Waals surface area contributed by atoms with Gasteiger partial charge >= 0.3 is 5.97 Å². The summed E-state index contributed by atoms with van der Waals surface area (Å²) in [6.45, 7) is -0.320. The normalized spacial score (nSPS) is 14.0. The first-order valence-electron chi connectivity index (χ1n) is 11.5. The number of primary amides is 1. The first-order valence-corrected chi connectivity index (χ1v) is 11.5. The Balaban J connectivity index is 5.36. The number of nitrogens with two attached hydrogens (primary N) is 5. The van der Waals surface area contributed by atoms with E-state index in [0.717, 1.165) is 0 Å². The van der Waals surface area contributed by atoms with E-state index in [9.17, 15) is 34.2 Å². The highest BCUT2D eigenvalue weighted by molar-refractivity contribution is 5.94. The molecule has 0 spiro atoms. The Morgan fingerprint density at radius 1 is 0.778 bits per heavy atom. The summed E-state index contributed by atoms with van der Waals surface area (Å²) in [4.78, 5) is 63.9. The molecule has 0 aromatic rings. The Bertz CT molecular complexity index is 775. The van der Waals surface area contributed by atoms with Crippen LogP contribution in [0.2, 0.25) is 0 Å². The molecule has 0 saturated heterocycles. The third-order valence-corrected chi connectivity index (χ3v) is 4.99. The minimum Gasteiger partial charge on any atom is -0.480 e. The van der Waals surface area contributed by atoms with E-state index in [1.165, 1.54) is 0 Å². The van der Waals surface area contributed by atoms with Crippen molar-refractivity contribution in [1.82, 2.24) is 16.0 Å². The molecular formula is C20H39N9O7. The number of aliphatic hydroxyl groups is 1. The summed E-state index contributed by atoms with van der Waals surface area (Å²) in [6, 6.07) is -5.07. The number of amides is 4. The average Bonchev–Trinajstić information content (AvgIpc) is 2.81. The van der Waals surface area contributed by atoms with Crippen LogP contribution in [0.3, 0.4) is 0 Å². The molecular weight excluding hydrogens is 478 g/mol. The van der Waals surface area contributed by atoms with Crippen LogP contribution in [0.5, 0.6) is 0 Å². The van der Waals surface area contributed by atoms with E-state index in [1.54, 1.807) is 0 Å². The van der Waals surface area contributed by atoms with E-state index >= 15 is 0 Å². The van der Waals surface area contributed by atoms with E-state index in [4.69, 9.17) is 28.7 Å². The molecule has 0 aromatic carbocycles. The van der Waals surface area contributed by atoms with Crippen molar-refractivity contribution in [3.63, 3.8) is 0 Å². The van der Waals surface area contributed by atoms with Crippen molar-refractivity contribution >= 4 is 35.6 Å². The maximum atomic E-state index is 12.8. The highest BCUT2D eigenvalue weighted by atomic mass is 16.4. The molecule has 206 valence electrons. The number of carboxylic acids is 1. The van der Waals surface area contributed by atoms with Crippen LogP contribution in [0.1, 0.15) is 44.9 Å². The van der Waals surface area contributed by atoms with Gasteiger partial charge in [0.25, 0.3) is 0 Å². The first kappa shape index (κ1) is 32.5.